The van der Waals surface area contributed by atoms with E-state index in [1.165, 1.54) is 36.3 Å². The van der Waals surface area contributed by atoms with Crippen LogP contribution in [0.4, 0.5) is 4.79 Å². The van der Waals surface area contributed by atoms with E-state index < -0.39 is 12.1 Å². The van der Waals surface area contributed by atoms with Gasteiger partial charge in [-0.2, -0.15) is 0 Å². The second kappa shape index (κ2) is 6.25. The van der Waals surface area contributed by atoms with Crippen molar-refractivity contribution in [2.45, 2.75) is 0 Å². The molecule has 1 heterocycles. The van der Waals surface area contributed by atoms with Crippen LogP contribution < -0.4 is 0 Å². The monoisotopic (exact) mass is 292 g/mol. The van der Waals surface area contributed by atoms with Gasteiger partial charge in [-0.3, -0.25) is 4.79 Å². The number of piperazine rings is 1. The zero-order valence-corrected chi connectivity index (χ0v) is 11.6. The van der Waals surface area contributed by atoms with E-state index in [-0.39, 0.29) is 11.5 Å². The number of methoxy groups -OCH3 is 1. The summed E-state index contributed by atoms with van der Waals surface area (Å²) in [6.45, 7) is 1.69. The summed E-state index contributed by atoms with van der Waals surface area (Å²) in [5.74, 6) is -1.20. The number of carboxylic acid groups (broad SMARTS) is 1. The fourth-order valence-corrected chi connectivity index (χ4v) is 2.16. The standard InChI is InChI=1S/C14H16N2O5/c1-21-14(20)16-8-6-15(7-9-16)12(17)10-2-4-11(5-3-10)13(18)19/h2-5H,6-9H2,1H3,(H,18,19). The predicted molar refractivity (Wildman–Crippen MR) is 73.3 cm³/mol. The van der Waals surface area contributed by atoms with Gasteiger partial charge in [-0.15, -0.1) is 0 Å². The summed E-state index contributed by atoms with van der Waals surface area (Å²) in [4.78, 5) is 37.6. The minimum Gasteiger partial charge on any atom is -0.478 e. The van der Waals surface area contributed by atoms with Crippen LogP contribution in [0.2, 0.25) is 0 Å². The maximum Gasteiger partial charge on any atom is 0.409 e. The maximum atomic E-state index is 12.3. The summed E-state index contributed by atoms with van der Waals surface area (Å²) >= 11 is 0. The van der Waals surface area contributed by atoms with Crippen molar-refractivity contribution < 1.29 is 24.2 Å². The molecule has 0 bridgehead atoms. The first-order chi connectivity index (χ1) is 10.0. The van der Waals surface area contributed by atoms with Gasteiger partial charge in [0.2, 0.25) is 0 Å². The lowest BCUT2D eigenvalue weighted by molar-refractivity contribution is 0.0599. The molecule has 1 aliphatic rings. The topological polar surface area (TPSA) is 87.2 Å². The van der Waals surface area contributed by atoms with Crippen molar-refractivity contribution in [3.05, 3.63) is 35.4 Å². The summed E-state index contributed by atoms with van der Waals surface area (Å²) < 4.78 is 4.63. The number of amides is 2. The normalized spacial score (nSPS) is 14.7. The van der Waals surface area contributed by atoms with Crippen LogP contribution in [-0.2, 0) is 4.74 Å². The predicted octanol–water partition coefficient (Wildman–Crippen LogP) is 0.909. The Kier molecular flexibility index (Phi) is 4.42. The van der Waals surface area contributed by atoms with Crippen LogP contribution in [0, 0.1) is 0 Å². The molecule has 7 heteroatoms. The molecule has 7 nitrogen and oxygen atoms in total. The second-order valence-electron chi connectivity index (χ2n) is 4.63. The molecule has 2 amide bonds. The molecule has 0 aliphatic carbocycles. The lowest BCUT2D eigenvalue weighted by Crippen LogP contribution is -2.50. The van der Waals surface area contributed by atoms with Crippen LogP contribution in [0.15, 0.2) is 24.3 Å². The van der Waals surface area contributed by atoms with Crippen molar-refractivity contribution in [1.29, 1.82) is 0 Å². The highest BCUT2D eigenvalue weighted by molar-refractivity contribution is 5.96. The quantitative estimate of drug-likeness (QED) is 0.875. The smallest absolute Gasteiger partial charge is 0.409 e. The first kappa shape index (κ1) is 14.8. The molecule has 1 aliphatic heterocycles. The number of hydrogen-bond acceptors (Lipinski definition) is 4. The lowest BCUT2D eigenvalue weighted by atomic mass is 10.1. The first-order valence-electron chi connectivity index (χ1n) is 6.48. The van der Waals surface area contributed by atoms with Gasteiger partial charge in [0.05, 0.1) is 12.7 Å². The molecule has 1 fully saturated rings. The molecule has 1 aromatic rings. The highest BCUT2D eigenvalue weighted by Gasteiger charge is 2.25. The number of aromatic carboxylic acids is 1. The molecule has 0 spiro atoms. The number of carbonyl (C=O) groups is 3. The largest absolute Gasteiger partial charge is 0.478 e. The zero-order chi connectivity index (χ0) is 15.4. The zero-order valence-electron chi connectivity index (χ0n) is 11.6. The molecular weight excluding hydrogens is 276 g/mol. The van der Waals surface area contributed by atoms with Gasteiger partial charge in [0, 0.05) is 31.7 Å². The van der Waals surface area contributed by atoms with Crippen LogP contribution >= 0.6 is 0 Å². The molecule has 112 valence electrons. The van der Waals surface area contributed by atoms with Gasteiger partial charge in [-0.1, -0.05) is 0 Å². The van der Waals surface area contributed by atoms with Crippen molar-refractivity contribution in [3.8, 4) is 0 Å². The summed E-state index contributed by atoms with van der Waals surface area (Å²) in [5, 5.41) is 8.82. The third kappa shape index (κ3) is 3.31. The molecule has 1 aromatic carbocycles. The molecule has 0 saturated carbocycles. The van der Waals surface area contributed by atoms with Crippen LogP contribution in [0.3, 0.4) is 0 Å². The minimum atomic E-state index is -1.03. The SMILES string of the molecule is COC(=O)N1CCN(C(=O)c2ccc(C(=O)O)cc2)CC1. The van der Waals surface area contributed by atoms with E-state index in [4.69, 9.17) is 5.11 Å². The average molecular weight is 292 g/mol. The van der Waals surface area contributed by atoms with Crippen molar-refractivity contribution in [2.75, 3.05) is 33.3 Å². The van der Waals surface area contributed by atoms with Gasteiger partial charge < -0.3 is 19.6 Å². The van der Waals surface area contributed by atoms with Gasteiger partial charge in [0.1, 0.15) is 0 Å². The number of benzene rings is 1. The minimum absolute atomic E-state index is 0.141. The van der Waals surface area contributed by atoms with Gasteiger partial charge in [0.15, 0.2) is 0 Å². The van der Waals surface area contributed by atoms with E-state index in [9.17, 15) is 14.4 Å². The Morgan fingerprint density at radius 3 is 1.90 bits per heavy atom. The third-order valence-corrected chi connectivity index (χ3v) is 3.38. The number of hydrogen-bond donors (Lipinski definition) is 1. The Labute approximate surface area is 121 Å². The molecule has 0 unspecified atom stereocenters. The summed E-state index contributed by atoms with van der Waals surface area (Å²) in [6, 6.07) is 5.80. The Bertz CT molecular complexity index is 547. The highest BCUT2D eigenvalue weighted by atomic mass is 16.5. The van der Waals surface area contributed by atoms with Gasteiger partial charge in [0.25, 0.3) is 5.91 Å². The summed E-state index contributed by atoms with van der Waals surface area (Å²) in [7, 11) is 1.32. The molecule has 2 rings (SSSR count). The molecule has 0 atom stereocenters. The van der Waals surface area contributed by atoms with E-state index in [1.807, 2.05) is 0 Å². The number of ether oxygens (including phenoxy) is 1. The van der Waals surface area contributed by atoms with Crippen molar-refractivity contribution >= 4 is 18.0 Å². The number of carbonyl (C=O) groups excluding carboxylic acids is 2. The Morgan fingerprint density at radius 2 is 1.43 bits per heavy atom. The molecule has 21 heavy (non-hydrogen) atoms. The average Bonchev–Trinajstić information content (AvgIpc) is 2.53. The van der Waals surface area contributed by atoms with Gasteiger partial charge in [-0.05, 0) is 24.3 Å². The third-order valence-electron chi connectivity index (χ3n) is 3.38. The van der Waals surface area contributed by atoms with E-state index in [2.05, 4.69) is 4.74 Å². The van der Waals surface area contributed by atoms with Crippen molar-refractivity contribution in [2.24, 2.45) is 0 Å². The number of nitrogens with zero attached hydrogens (tertiary/aromatic N) is 2. The van der Waals surface area contributed by atoms with Crippen LogP contribution in [0.1, 0.15) is 20.7 Å². The maximum absolute atomic E-state index is 12.3. The van der Waals surface area contributed by atoms with E-state index in [0.29, 0.717) is 31.7 Å². The molecular formula is C14H16N2O5. The fraction of sp³-hybridized carbons (Fsp3) is 0.357. The number of rotatable bonds is 2. The van der Waals surface area contributed by atoms with E-state index in [0.717, 1.165) is 0 Å². The van der Waals surface area contributed by atoms with E-state index >= 15 is 0 Å². The molecule has 1 N–H and O–H groups in total. The summed E-state index contributed by atoms with van der Waals surface area (Å²) in [5.41, 5.74) is 0.577. The first-order valence-corrected chi connectivity index (χ1v) is 6.48. The lowest BCUT2D eigenvalue weighted by Gasteiger charge is -2.33. The van der Waals surface area contributed by atoms with Gasteiger partial charge >= 0.3 is 12.1 Å². The number of carboxylic acids is 1. The Morgan fingerprint density at radius 1 is 0.952 bits per heavy atom. The molecule has 0 radical (unpaired) electrons. The fourth-order valence-electron chi connectivity index (χ4n) is 2.16. The molecule has 1 saturated heterocycles. The highest BCUT2D eigenvalue weighted by Crippen LogP contribution is 2.11. The van der Waals surface area contributed by atoms with Gasteiger partial charge in [-0.25, -0.2) is 9.59 Å². The van der Waals surface area contributed by atoms with Crippen LogP contribution in [-0.4, -0.2) is 66.2 Å². The van der Waals surface area contributed by atoms with Crippen molar-refractivity contribution in [3.63, 3.8) is 0 Å². The Hall–Kier alpha value is -2.57. The summed E-state index contributed by atoms with van der Waals surface area (Å²) in [6.07, 6.45) is -0.395. The Balaban J connectivity index is 1.98. The van der Waals surface area contributed by atoms with Crippen LogP contribution in [0.5, 0.6) is 0 Å². The second-order valence-corrected chi connectivity index (χ2v) is 4.63. The van der Waals surface area contributed by atoms with Crippen LogP contribution in [0.25, 0.3) is 0 Å². The molecule has 0 aromatic heterocycles. The van der Waals surface area contributed by atoms with Crippen molar-refractivity contribution in [1.82, 2.24) is 9.80 Å². The van der Waals surface area contributed by atoms with E-state index in [1.54, 1.807) is 4.90 Å².